The number of amides is 1. The second-order valence-corrected chi connectivity index (χ2v) is 4.80. The third-order valence-corrected chi connectivity index (χ3v) is 3.08. The molecule has 2 aromatic rings. The Hall–Kier alpha value is -2.87. The van der Waals surface area contributed by atoms with Crippen molar-refractivity contribution in [3.05, 3.63) is 59.9 Å². The number of aromatic nitrogens is 1. The van der Waals surface area contributed by atoms with Crippen LogP contribution in [0.3, 0.4) is 0 Å². The molecule has 0 radical (unpaired) electrons. The number of rotatable bonds is 6. The zero-order valence-electron chi connectivity index (χ0n) is 12.3. The quantitative estimate of drug-likeness (QED) is 0.885. The Kier molecular flexibility index (Phi) is 5.50. The number of carbonyl (C=O) groups is 1. The molecular weight excluding hydrogens is 278 g/mol. The van der Waals surface area contributed by atoms with Crippen molar-refractivity contribution in [2.45, 2.75) is 19.4 Å². The molecule has 1 aromatic heterocycles. The lowest BCUT2D eigenvalue weighted by molar-refractivity contribution is -0.127. The molecule has 0 saturated carbocycles. The minimum Gasteiger partial charge on any atom is -0.481 e. The Morgan fingerprint density at radius 2 is 2.27 bits per heavy atom. The molecule has 1 amide bonds. The summed E-state index contributed by atoms with van der Waals surface area (Å²) in [5, 5.41) is 11.7. The van der Waals surface area contributed by atoms with Crippen molar-refractivity contribution in [2.24, 2.45) is 0 Å². The monoisotopic (exact) mass is 295 g/mol. The van der Waals surface area contributed by atoms with Crippen LogP contribution >= 0.6 is 0 Å². The van der Waals surface area contributed by atoms with Crippen LogP contribution in [0.5, 0.6) is 5.75 Å². The number of nitriles is 1. The van der Waals surface area contributed by atoms with Gasteiger partial charge < -0.3 is 10.1 Å². The first-order valence-corrected chi connectivity index (χ1v) is 7.02. The van der Waals surface area contributed by atoms with E-state index >= 15 is 0 Å². The molecule has 2 rings (SSSR count). The summed E-state index contributed by atoms with van der Waals surface area (Å²) in [5.41, 5.74) is 1.57. The molecule has 0 fully saturated rings. The third kappa shape index (κ3) is 4.60. The molecule has 0 aliphatic heterocycles. The Bertz CT molecular complexity index is 665. The van der Waals surface area contributed by atoms with Crippen LogP contribution in [0.15, 0.2) is 48.8 Å². The standard InChI is InChI=1S/C17H17N3O2/c1-13(22-16-6-2-4-15(10-16)11-18)17(21)20-9-7-14-5-3-8-19-12-14/h2-6,8,10,12-13H,7,9H2,1H3,(H,20,21). The SMILES string of the molecule is CC(Oc1cccc(C#N)c1)C(=O)NCCc1cccnc1. The van der Waals surface area contributed by atoms with E-state index in [0.717, 1.165) is 12.0 Å². The second-order valence-electron chi connectivity index (χ2n) is 4.80. The first-order valence-electron chi connectivity index (χ1n) is 7.02. The van der Waals surface area contributed by atoms with E-state index < -0.39 is 6.10 Å². The molecule has 5 heteroatoms. The Balaban J connectivity index is 1.80. The highest BCUT2D eigenvalue weighted by atomic mass is 16.5. The first-order chi connectivity index (χ1) is 10.7. The van der Waals surface area contributed by atoms with Crippen LogP contribution in [0.25, 0.3) is 0 Å². The van der Waals surface area contributed by atoms with Crippen molar-refractivity contribution < 1.29 is 9.53 Å². The van der Waals surface area contributed by atoms with Crippen LogP contribution < -0.4 is 10.1 Å². The van der Waals surface area contributed by atoms with Crippen LogP contribution in [0.2, 0.25) is 0 Å². The summed E-state index contributed by atoms with van der Waals surface area (Å²) in [6, 6.07) is 12.6. The summed E-state index contributed by atoms with van der Waals surface area (Å²) < 4.78 is 5.55. The van der Waals surface area contributed by atoms with Gasteiger partial charge in [-0.1, -0.05) is 12.1 Å². The van der Waals surface area contributed by atoms with Gasteiger partial charge in [0.15, 0.2) is 6.10 Å². The van der Waals surface area contributed by atoms with Crippen molar-refractivity contribution in [3.63, 3.8) is 0 Å². The van der Waals surface area contributed by atoms with Gasteiger partial charge in [0.2, 0.25) is 0 Å². The minimum atomic E-state index is -0.622. The van der Waals surface area contributed by atoms with E-state index in [0.29, 0.717) is 17.9 Å². The van der Waals surface area contributed by atoms with E-state index in [1.807, 2.05) is 18.2 Å². The summed E-state index contributed by atoms with van der Waals surface area (Å²) in [6.07, 6.45) is 3.59. The number of nitrogens with one attached hydrogen (secondary N) is 1. The Morgan fingerprint density at radius 3 is 3.00 bits per heavy atom. The molecule has 1 heterocycles. The maximum atomic E-state index is 12.0. The van der Waals surface area contributed by atoms with Gasteiger partial charge in [0.25, 0.3) is 5.91 Å². The number of carbonyl (C=O) groups excluding carboxylic acids is 1. The zero-order chi connectivity index (χ0) is 15.8. The van der Waals surface area contributed by atoms with Gasteiger partial charge in [0.1, 0.15) is 5.75 Å². The first kappa shape index (κ1) is 15.5. The average Bonchev–Trinajstić information content (AvgIpc) is 2.56. The van der Waals surface area contributed by atoms with E-state index in [-0.39, 0.29) is 5.91 Å². The molecule has 5 nitrogen and oxygen atoms in total. The summed E-state index contributed by atoms with van der Waals surface area (Å²) in [5.74, 6) is 0.320. The van der Waals surface area contributed by atoms with Crippen LogP contribution in [0.4, 0.5) is 0 Å². The fourth-order valence-electron chi connectivity index (χ4n) is 1.92. The van der Waals surface area contributed by atoms with Crippen molar-refractivity contribution in [1.29, 1.82) is 5.26 Å². The molecule has 1 aromatic carbocycles. The number of pyridine rings is 1. The van der Waals surface area contributed by atoms with Gasteiger partial charge in [-0.15, -0.1) is 0 Å². The molecule has 0 saturated heterocycles. The maximum absolute atomic E-state index is 12.0. The molecule has 0 bridgehead atoms. The Morgan fingerprint density at radius 1 is 1.41 bits per heavy atom. The fourth-order valence-corrected chi connectivity index (χ4v) is 1.92. The minimum absolute atomic E-state index is 0.189. The van der Waals surface area contributed by atoms with Gasteiger partial charge in [-0.3, -0.25) is 9.78 Å². The highest BCUT2D eigenvalue weighted by Gasteiger charge is 2.14. The lowest BCUT2D eigenvalue weighted by atomic mass is 10.2. The van der Waals surface area contributed by atoms with Crippen molar-refractivity contribution in [1.82, 2.24) is 10.3 Å². The van der Waals surface area contributed by atoms with E-state index in [1.165, 1.54) is 0 Å². The lowest BCUT2D eigenvalue weighted by Crippen LogP contribution is -2.37. The number of hydrogen-bond acceptors (Lipinski definition) is 4. The van der Waals surface area contributed by atoms with Gasteiger partial charge in [0.05, 0.1) is 11.6 Å². The molecule has 0 aliphatic rings. The smallest absolute Gasteiger partial charge is 0.260 e. The van der Waals surface area contributed by atoms with Gasteiger partial charge in [-0.05, 0) is 43.2 Å². The van der Waals surface area contributed by atoms with E-state index in [1.54, 1.807) is 43.6 Å². The van der Waals surface area contributed by atoms with Gasteiger partial charge >= 0.3 is 0 Å². The summed E-state index contributed by atoms with van der Waals surface area (Å²) in [4.78, 5) is 16.0. The maximum Gasteiger partial charge on any atom is 0.260 e. The van der Waals surface area contributed by atoms with Crippen molar-refractivity contribution in [2.75, 3.05) is 6.54 Å². The highest BCUT2D eigenvalue weighted by molar-refractivity contribution is 5.80. The number of benzene rings is 1. The van der Waals surface area contributed by atoms with E-state index in [2.05, 4.69) is 10.3 Å². The molecule has 1 unspecified atom stereocenters. The number of ether oxygens (including phenoxy) is 1. The summed E-state index contributed by atoms with van der Waals surface area (Å²) in [7, 11) is 0. The zero-order valence-corrected chi connectivity index (χ0v) is 12.3. The van der Waals surface area contributed by atoms with Gasteiger partial charge in [-0.2, -0.15) is 5.26 Å². The van der Waals surface area contributed by atoms with E-state index in [4.69, 9.17) is 10.00 Å². The van der Waals surface area contributed by atoms with Gasteiger partial charge in [0, 0.05) is 18.9 Å². The molecule has 22 heavy (non-hydrogen) atoms. The molecule has 112 valence electrons. The number of hydrogen-bond donors (Lipinski definition) is 1. The summed E-state index contributed by atoms with van der Waals surface area (Å²) in [6.45, 7) is 2.20. The van der Waals surface area contributed by atoms with Crippen molar-refractivity contribution in [3.8, 4) is 11.8 Å². The average molecular weight is 295 g/mol. The predicted molar refractivity (Wildman–Crippen MR) is 82.2 cm³/mol. The van der Waals surface area contributed by atoms with Crippen molar-refractivity contribution >= 4 is 5.91 Å². The largest absolute Gasteiger partial charge is 0.481 e. The second kappa shape index (κ2) is 7.79. The molecule has 1 atom stereocenters. The fraction of sp³-hybridized carbons (Fsp3) is 0.235. The highest BCUT2D eigenvalue weighted by Crippen LogP contribution is 2.14. The normalized spacial score (nSPS) is 11.3. The van der Waals surface area contributed by atoms with Gasteiger partial charge in [-0.25, -0.2) is 0 Å². The molecule has 0 spiro atoms. The third-order valence-electron chi connectivity index (χ3n) is 3.08. The Labute approximate surface area is 129 Å². The van der Waals surface area contributed by atoms with E-state index in [9.17, 15) is 4.79 Å². The predicted octanol–water partition coefficient (Wildman–Crippen LogP) is 2.08. The van der Waals surface area contributed by atoms with Crippen LogP contribution in [-0.4, -0.2) is 23.5 Å². The van der Waals surface area contributed by atoms with Crippen LogP contribution in [0, 0.1) is 11.3 Å². The summed E-state index contributed by atoms with van der Waals surface area (Å²) >= 11 is 0. The van der Waals surface area contributed by atoms with Crippen LogP contribution in [-0.2, 0) is 11.2 Å². The molecule has 0 aliphatic carbocycles. The lowest BCUT2D eigenvalue weighted by Gasteiger charge is -2.14. The molecule has 1 N–H and O–H groups in total. The number of nitrogens with zero attached hydrogens (tertiary/aromatic N) is 2. The molecular formula is C17H17N3O2. The van der Waals surface area contributed by atoms with Crippen LogP contribution in [0.1, 0.15) is 18.1 Å². The topological polar surface area (TPSA) is 75.0 Å².